The second-order valence-corrected chi connectivity index (χ2v) is 19.0. The minimum atomic E-state index is -0.169. The molecule has 13 aromatic rings. The van der Waals surface area contributed by atoms with E-state index < -0.39 is 0 Å². The topological polar surface area (TPSA) is 48.5 Å². The molecule has 1 aliphatic carbocycles. The zero-order chi connectivity index (χ0) is 43.7. The van der Waals surface area contributed by atoms with Gasteiger partial charge in [0.15, 0.2) is 17.5 Å². The van der Waals surface area contributed by atoms with Crippen LogP contribution in [0.3, 0.4) is 0 Å². The highest BCUT2D eigenvalue weighted by Gasteiger charge is 2.35. The summed E-state index contributed by atoms with van der Waals surface area (Å²) in [7, 11) is 0. The summed E-state index contributed by atoms with van der Waals surface area (Å²) in [6.45, 7) is 4.64. The first-order valence-corrected chi connectivity index (χ1v) is 23.3. The zero-order valence-corrected chi connectivity index (χ0v) is 37.0. The van der Waals surface area contributed by atoms with Crippen molar-refractivity contribution in [2.45, 2.75) is 19.3 Å². The number of rotatable bonds is 5. The van der Waals surface area contributed by atoms with Gasteiger partial charge in [-0.3, -0.25) is 0 Å². The molecule has 9 aromatic carbocycles. The van der Waals surface area contributed by atoms with Crippen molar-refractivity contribution in [2.24, 2.45) is 0 Å². The zero-order valence-electron chi connectivity index (χ0n) is 36.2. The van der Waals surface area contributed by atoms with Gasteiger partial charge in [0.05, 0.1) is 22.1 Å². The molecule has 0 fully saturated rings. The molecule has 0 radical (unpaired) electrons. The monoisotopic (exact) mass is 861 g/mol. The van der Waals surface area contributed by atoms with Gasteiger partial charge in [-0.1, -0.05) is 159 Å². The van der Waals surface area contributed by atoms with Crippen molar-refractivity contribution in [3.05, 3.63) is 211 Å². The van der Waals surface area contributed by atoms with Crippen LogP contribution < -0.4 is 0 Å². The Labute approximate surface area is 384 Å². The van der Waals surface area contributed by atoms with Gasteiger partial charge in [-0.15, -0.1) is 11.3 Å². The standard InChI is InChI=1S/C60H39N5S/c1-60(2)47-25-13-9-21-40(47)41-30-29-37(33-48(41)60)58-61-57(36-17-5-3-6-18-36)62-59(63-58)46-34-39(35-53-54(46)45-24-12-16-28-52(45)66-53)65-49-26-14-10-22-42(49)43-31-32-51-55(56(43)65)44-23-11-15-27-50(44)64(51)38-19-7-4-8-20-38/h3-35H,1-2H3. The maximum absolute atomic E-state index is 5.50. The normalized spacial score (nSPS) is 13.1. The number of para-hydroxylation sites is 3. The van der Waals surface area contributed by atoms with E-state index in [2.05, 4.69) is 217 Å². The Morgan fingerprint density at radius 3 is 1.83 bits per heavy atom. The first-order valence-electron chi connectivity index (χ1n) is 22.5. The van der Waals surface area contributed by atoms with E-state index in [-0.39, 0.29) is 5.41 Å². The van der Waals surface area contributed by atoms with Crippen LogP contribution in [0.2, 0.25) is 0 Å². The second kappa shape index (κ2) is 13.9. The largest absolute Gasteiger partial charge is 0.309 e. The Balaban J connectivity index is 1.08. The number of aromatic nitrogens is 5. The minimum Gasteiger partial charge on any atom is -0.309 e. The van der Waals surface area contributed by atoms with Crippen LogP contribution in [0.1, 0.15) is 25.0 Å². The molecule has 0 saturated heterocycles. The molecule has 0 spiro atoms. The number of fused-ring (bicyclic) bond motifs is 13. The molecule has 4 heterocycles. The molecular weight excluding hydrogens is 823 g/mol. The van der Waals surface area contributed by atoms with Gasteiger partial charge in [0.25, 0.3) is 0 Å². The Morgan fingerprint density at radius 2 is 1.02 bits per heavy atom. The van der Waals surface area contributed by atoms with Crippen LogP contribution in [0.15, 0.2) is 200 Å². The number of thiophene rings is 1. The molecular formula is C60H39N5S. The van der Waals surface area contributed by atoms with Gasteiger partial charge in [0, 0.05) is 75.2 Å². The lowest BCUT2D eigenvalue weighted by molar-refractivity contribution is 0.660. The first-order chi connectivity index (χ1) is 32.5. The molecule has 6 heteroatoms. The summed E-state index contributed by atoms with van der Waals surface area (Å²) in [5, 5.41) is 7.19. The molecule has 310 valence electrons. The minimum absolute atomic E-state index is 0.169. The van der Waals surface area contributed by atoms with Crippen molar-refractivity contribution in [3.63, 3.8) is 0 Å². The van der Waals surface area contributed by atoms with Crippen molar-refractivity contribution < 1.29 is 0 Å². The van der Waals surface area contributed by atoms with Gasteiger partial charge in [-0.25, -0.2) is 15.0 Å². The molecule has 5 nitrogen and oxygen atoms in total. The van der Waals surface area contributed by atoms with Crippen LogP contribution in [0.25, 0.3) is 120 Å². The van der Waals surface area contributed by atoms with Crippen molar-refractivity contribution in [3.8, 4) is 56.7 Å². The fraction of sp³-hybridized carbons (Fsp3) is 0.0500. The summed E-state index contributed by atoms with van der Waals surface area (Å²) in [4.78, 5) is 16.2. The molecule has 0 atom stereocenters. The maximum atomic E-state index is 5.50. The highest BCUT2D eigenvalue weighted by Crippen LogP contribution is 2.50. The molecule has 4 aromatic heterocycles. The van der Waals surface area contributed by atoms with Gasteiger partial charge in [0.2, 0.25) is 0 Å². The molecule has 0 bridgehead atoms. The Kier molecular flexibility index (Phi) is 7.84. The summed E-state index contributed by atoms with van der Waals surface area (Å²) in [5.41, 5.74) is 14.7. The molecule has 1 aliphatic rings. The predicted octanol–water partition coefficient (Wildman–Crippen LogP) is 15.7. The third-order valence-electron chi connectivity index (χ3n) is 14.0. The Bertz CT molecular complexity index is 4140. The molecule has 14 rings (SSSR count). The summed E-state index contributed by atoms with van der Waals surface area (Å²) in [5.74, 6) is 1.94. The third-order valence-corrected chi connectivity index (χ3v) is 15.1. The van der Waals surface area contributed by atoms with Crippen molar-refractivity contribution >= 4 is 75.1 Å². The smallest absolute Gasteiger partial charge is 0.164 e. The van der Waals surface area contributed by atoms with Gasteiger partial charge in [-0.2, -0.15) is 0 Å². The van der Waals surface area contributed by atoms with E-state index >= 15 is 0 Å². The number of benzene rings is 9. The van der Waals surface area contributed by atoms with Gasteiger partial charge in [0.1, 0.15) is 0 Å². The van der Waals surface area contributed by atoms with Gasteiger partial charge < -0.3 is 9.13 Å². The summed E-state index contributed by atoms with van der Waals surface area (Å²) < 4.78 is 7.29. The average molecular weight is 862 g/mol. The highest BCUT2D eigenvalue weighted by molar-refractivity contribution is 7.26. The number of hydrogen-bond acceptors (Lipinski definition) is 4. The fourth-order valence-electron chi connectivity index (χ4n) is 11.0. The molecule has 0 unspecified atom stereocenters. The average Bonchev–Trinajstić information content (AvgIpc) is 4.09. The lowest BCUT2D eigenvalue weighted by Crippen LogP contribution is -2.15. The van der Waals surface area contributed by atoms with Crippen LogP contribution in [0.4, 0.5) is 0 Å². The lowest BCUT2D eigenvalue weighted by atomic mass is 9.82. The molecule has 0 aliphatic heterocycles. The van der Waals surface area contributed by atoms with Crippen LogP contribution in [0.5, 0.6) is 0 Å². The number of nitrogens with zero attached hydrogens (tertiary/aromatic N) is 5. The van der Waals surface area contributed by atoms with E-state index in [9.17, 15) is 0 Å². The molecule has 0 amide bonds. The SMILES string of the molecule is CC1(C)c2ccccc2-c2ccc(-c3nc(-c4ccccc4)nc(-c4cc(-n5c6ccccc6c6ccc7c(c8ccccc8n7-c7ccccc7)c65)cc5sc6ccccc6c45)n3)cc21. The lowest BCUT2D eigenvalue weighted by Gasteiger charge is -2.21. The van der Waals surface area contributed by atoms with Gasteiger partial charge in [-0.05, 0) is 76.9 Å². The van der Waals surface area contributed by atoms with Crippen LogP contribution >= 0.6 is 11.3 Å². The van der Waals surface area contributed by atoms with Crippen molar-refractivity contribution in [1.82, 2.24) is 24.1 Å². The summed E-state index contributed by atoms with van der Waals surface area (Å²) >= 11 is 1.82. The van der Waals surface area contributed by atoms with Crippen LogP contribution in [-0.2, 0) is 5.41 Å². The Hall–Kier alpha value is -8.19. The van der Waals surface area contributed by atoms with Crippen LogP contribution in [0, 0.1) is 0 Å². The summed E-state index contributed by atoms with van der Waals surface area (Å²) in [6, 6.07) is 72.3. The second-order valence-electron chi connectivity index (χ2n) is 18.0. The quantitative estimate of drug-likeness (QED) is 0.173. The maximum Gasteiger partial charge on any atom is 0.164 e. The van der Waals surface area contributed by atoms with E-state index in [1.165, 1.54) is 69.6 Å². The van der Waals surface area contributed by atoms with E-state index in [0.29, 0.717) is 17.5 Å². The van der Waals surface area contributed by atoms with Crippen molar-refractivity contribution in [1.29, 1.82) is 0 Å². The third kappa shape index (κ3) is 5.30. The van der Waals surface area contributed by atoms with Gasteiger partial charge >= 0.3 is 0 Å². The fourth-order valence-corrected chi connectivity index (χ4v) is 12.1. The van der Waals surface area contributed by atoms with E-state index in [0.717, 1.165) is 44.5 Å². The predicted molar refractivity (Wildman–Crippen MR) is 275 cm³/mol. The Morgan fingerprint density at radius 1 is 0.379 bits per heavy atom. The van der Waals surface area contributed by atoms with Crippen molar-refractivity contribution in [2.75, 3.05) is 0 Å². The highest BCUT2D eigenvalue weighted by atomic mass is 32.1. The molecule has 0 N–H and O–H groups in total. The summed E-state index contributed by atoms with van der Waals surface area (Å²) in [6.07, 6.45) is 0. The number of hydrogen-bond donors (Lipinski definition) is 0. The molecule has 66 heavy (non-hydrogen) atoms. The van der Waals surface area contributed by atoms with Crippen LogP contribution in [-0.4, -0.2) is 24.1 Å². The van der Waals surface area contributed by atoms with E-state index in [1.807, 2.05) is 17.4 Å². The van der Waals surface area contributed by atoms with E-state index in [4.69, 9.17) is 15.0 Å². The first kappa shape index (κ1) is 37.2. The molecule has 0 saturated carbocycles. The van der Waals surface area contributed by atoms with E-state index in [1.54, 1.807) is 0 Å².